The number of aryl methyl sites for hydroxylation is 2. The molecule has 1 fully saturated rings. The van der Waals surface area contributed by atoms with E-state index in [1.54, 1.807) is 0 Å². The van der Waals surface area contributed by atoms with E-state index in [9.17, 15) is 9.59 Å². The predicted molar refractivity (Wildman–Crippen MR) is 105 cm³/mol. The van der Waals surface area contributed by atoms with Crippen LogP contribution < -0.4 is 15.7 Å². The minimum Gasteiger partial charge on any atom is -0.483 e. The molecule has 7 heteroatoms. The van der Waals surface area contributed by atoms with E-state index < -0.39 is 0 Å². The number of rotatable bonds is 6. The van der Waals surface area contributed by atoms with Gasteiger partial charge in [0.15, 0.2) is 6.61 Å². The zero-order chi connectivity index (χ0) is 19.5. The Kier molecular flexibility index (Phi) is 5.64. The summed E-state index contributed by atoms with van der Waals surface area (Å²) in [4.78, 5) is 26.7. The molecule has 2 aromatic rings. The summed E-state index contributed by atoms with van der Waals surface area (Å²) in [6.45, 7) is 6.55. The van der Waals surface area contributed by atoms with Crippen LogP contribution >= 0.6 is 0 Å². The van der Waals surface area contributed by atoms with E-state index in [4.69, 9.17) is 13.9 Å². The molecule has 150 valence electrons. The van der Waals surface area contributed by atoms with E-state index in [2.05, 4.69) is 10.2 Å². The lowest BCUT2D eigenvalue weighted by molar-refractivity contribution is -0.123. The second-order valence-electron chi connectivity index (χ2n) is 7.43. The van der Waals surface area contributed by atoms with Gasteiger partial charge in [0.25, 0.3) is 5.91 Å². The molecule has 1 aromatic carbocycles. The molecule has 2 heterocycles. The highest BCUT2D eigenvalue weighted by atomic mass is 16.5. The highest BCUT2D eigenvalue weighted by Crippen LogP contribution is 2.35. The fourth-order valence-corrected chi connectivity index (χ4v) is 3.99. The van der Waals surface area contributed by atoms with E-state index in [1.807, 2.05) is 19.1 Å². The van der Waals surface area contributed by atoms with E-state index in [0.29, 0.717) is 17.9 Å². The molecular formula is C21H26N2O5. The molecule has 0 radical (unpaired) electrons. The van der Waals surface area contributed by atoms with Gasteiger partial charge in [0, 0.05) is 31.7 Å². The first kappa shape index (κ1) is 19.0. The van der Waals surface area contributed by atoms with Crippen molar-refractivity contribution in [1.82, 2.24) is 10.2 Å². The van der Waals surface area contributed by atoms with Crippen molar-refractivity contribution in [2.24, 2.45) is 0 Å². The summed E-state index contributed by atoms with van der Waals surface area (Å²) in [5.41, 5.74) is 2.97. The van der Waals surface area contributed by atoms with E-state index in [0.717, 1.165) is 74.2 Å². The van der Waals surface area contributed by atoms with Crippen molar-refractivity contribution in [3.8, 4) is 5.75 Å². The zero-order valence-corrected chi connectivity index (χ0v) is 16.2. The average molecular weight is 386 g/mol. The lowest BCUT2D eigenvalue weighted by Gasteiger charge is -2.26. The molecule has 1 aliphatic carbocycles. The maximum Gasteiger partial charge on any atom is 0.339 e. The molecule has 0 atom stereocenters. The Morgan fingerprint density at radius 1 is 1.21 bits per heavy atom. The van der Waals surface area contributed by atoms with Crippen LogP contribution in [-0.2, 0) is 22.4 Å². The van der Waals surface area contributed by atoms with Crippen LogP contribution in [0.4, 0.5) is 0 Å². The van der Waals surface area contributed by atoms with Crippen LogP contribution in [0.25, 0.3) is 11.0 Å². The number of hydrogen-bond donors (Lipinski definition) is 1. The number of amides is 1. The molecule has 2 aliphatic rings. The summed E-state index contributed by atoms with van der Waals surface area (Å²) in [7, 11) is 0. The van der Waals surface area contributed by atoms with Crippen molar-refractivity contribution in [2.75, 3.05) is 46.0 Å². The molecule has 4 rings (SSSR count). The maximum atomic E-state index is 12.2. The Hall–Kier alpha value is -2.38. The fraction of sp³-hybridized carbons (Fsp3) is 0.524. The summed E-state index contributed by atoms with van der Waals surface area (Å²) in [5.74, 6) is 0.456. The van der Waals surface area contributed by atoms with Gasteiger partial charge in [-0.25, -0.2) is 4.79 Å². The van der Waals surface area contributed by atoms with Gasteiger partial charge in [-0.05, 0) is 49.4 Å². The van der Waals surface area contributed by atoms with Crippen molar-refractivity contribution in [3.05, 3.63) is 39.2 Å². The Morgan fingerprint density at radius 3 is 2.82 bits per heavy atom. The molecule has 0 unspecified atom stereocenters. The summed E-state index contributed by atoms with van der Waals surface area (Å²) < 4.78 is 16.7. The van der Waals surface area contributed by atoms with Gasteiger partial charge in [0.05, 0.1) is 18.6 Å². The maximum absolute atomic E-state index is 12.2. The van der Waals surface area contributed by atoms with Crippen LogP contribution in [0.2, 0.25) is 0 Å². The summed E-state index contributed by atoms with van der Waals surface area (Å²) in [6, 6.07) is 3.76. The van der Waals surface area contributed by atoms with Crippen molar-refractivity contribution < 1.29 is 18.7 Å². The molecule has 7 nitrogen and oxygen atoms in total. The molecule has 1 N–H and O–H groups in total. The van der Waals surface area contributed by atoms with Gasteiger partial charge in [-0.1, -0.05) is 0 Å². The molecule has 1 saturated heterocycles. The first-order valence-electron chi connectivity index (χ1n) is 9.90. The standard InChI is InChI=1S/C21H26N2O5/c1-14-11-17(20-15-3-2-4-16(15)21(25)28-18(20)12-14)27-13-19(24)22-5-6-23-7-9-26-10-8-23/h11-12H,2-10,13H2,1H3,(H,22,24). The van der Waals surface area contributed by atoms with Gasteiger partial charge in [-0.3, -0.25) is 9.69 Å². The summed E-state index contributed by atoms with van der Waals surface area (Å²) >= 11 is 0. The molecular weight excluding hydrogens is 360 g/mol. The number of carbonyl (C=O) groups is 1. The summed E-state index contributed by atoms with van der Waals surface area (Å²) in [6.07, 6.45) is 2.51. The molecule has 1 amide bonds. The van der Waals surface area contributed by atoms with Gasteiger partial charge in [-0.2, -0.15) is 0 Å². The van der Waals surface area contributed by atoms with Crippen LogP contribution in [0.15, 0.2) is 21.3 Å². The normalized spacial score (nSPS) is 16.9. The predicted octanol–water partition coefficient (Wildman–Crippen LogP) is 1.42. The smallest absolute Gasteiger partial charge is 0.339 e. The van der Waals surface area contributed by atoms with Crippen molar-refractivity contribution in [3.63, 3.8) is 0 Å². The lowest BCUT2D eigenvalue weighted by atomic mass is 10.0. The number of fused-ring (bicyclic) bond motifs is 3. The third-order valence-electron chi connectivity index (χ3n) is 5.39. The molecule has 0 spiro atoms. The largest absolute Gasteiger partial charge is 0.483 e. The zero-order valence-electron chi connectivity index (χ0n) is 16.2. The van der Waals surface area contributed by atoms with Crippen LogP contribution in [0.1, 0.15) is 23.1 Å². The van der Waals surface area contributed by atoms with E-state index in [-0.39, 0.29) is 18.1 Å². The first-order valence-corrected chi connectivity index (χ1v) is 9.90. The number of carbonyl (C=O) groups excluding carboxylic acids is 1. The first-order chi connectivity index (χ1) is 13.6. The molecule has 1 aliphatic heterocycles. The third kappa shape index (κ3) is 4.05. The number of morpholine rings is 1. The fourth-order valence-electron chi connectivity index (χ4n) is 3.99. The van der Waals surface area contributed by atoms with Gasteiger partial charge in [0.1, 0.15) is 11.3 Å². The van der Waals surface area contributed by atoms with Crippen LogP contribution in [0.3, 0.4) is 0 Å². The van der Waals surface area contributed by atoms with Gasteiger partial charge in [0.2, 0.25) is 0 Å². The number of nitrogens with zero attached hydrogens (tertiary/aromatic N) is 1. The Labute approximate surface area is 163 Å². The summed E-state index contributed by atoms with van der Waals surface area (Å²) in [5, 5.41) is 3.74. The van der Waals surface area contributed by atoms with Crippen molar-refractivity contribution >= 4 is 16.9 Å². The van der Waals surface area contributed by atoms with Crippen LogP contribution in [0, 0.1) is 6.92 Å². The highest BCUT2D eigenvalue weighted by molar-refractivity contribution is 5.89. The number of hydrogen-bond acceptors (Lipinski definition) is 6. The quantitative estimate of drug-likeness (QED) is 0.757. The lowest BCUT2D eigenvalue weighted by Crippen LogP contribution is -2.42. The number of nitrogens with one attached hydrogen (secondary N) is 1. The third-order valence-corrected chi connectivity index (χ3v) is 5.39. The van der Waals surface area contributed by atoms with E-state index in [1.165, 1.54) is 0 Å². The minimum absolute atomic E-state index is 0.0600. The van der Waals surface area contributed by atoms with Crippen molar-refractivity contribution in [2.45, 2.75) is 26.2 Å². The Bertz CT molecular complexity index is 931. The van der Waals surface area contributed by atoms with Crippen LogP contribution in [-0.4, -0.2) is 56.8 Å². The SMILES string of the molecule is Cc1cc(OCC(=O)NCCN2CCOCC2)c2c3c(c(=O)oc2c1)CCC3. The molecule has 28 heavy (non-hydrogen) atoms. The minimum atomic E-state index is -0.252. The van der Waals surface area contributed by atoms with Crippen molar-refractivity contribution in [1.29, 1.82) is 0 Å². The van der Waals surface area contributed by atoms with Gasteiger partial charge in [-0.15, -0.1) is 0 Å². The topological polar surface area (TPSA) is 81.0 Å². The van der Waals surface area contributed by atoms with Gasteiger partial charge >= 0.3 is 5.63 Å². The Morgan fingerprint density at radius 2 is 2.00 bits per heavy atom. The second-order valence-corrected chi connectivity index (χ2v) is 7.43. The van der Waals surface area contributed by atoms with E-state index >= 15 is 0 Å². The van der Waals surface area contributed by atoms with Gasteiger partial charge < -0.3 is 19.2 Å². The highest BCUT2D eigenvalue weighted by Gasteiger charge is 2.22. The number of benzene rings is 1. The number of ether oxygens (including phenoxy) is 2. The molecule has 0 saturated carbocycles. The monoisotopic (exact) mass is 386 g/mol. The average Bonchev–Trinajstić information content (AvgIpc) is 3.17. The molecule has 1 aromatic heterocycles. The molecule has 0 bridgehead atoms. The Balaban J connectivity index is 1.42. The second kappa shape index (κ2) is 8.32. The van der Waals surface area contributed by atoms with Crippen LogP contribution in [0.5, 0.6) is 5.75 Å².